The summed E-state index contributed by atoms with van der Waals surface area (Å²) in [6.45, 7) is 5.35. The third-order valence-electron chi connectivity index (χ3n) is 3.05. The van der Waals surface area contributed by atoms with Crippen LogP contribution in [-0.4, -0.2) is 47.0 Å². The molecule has 0 N–H and O–H groups in total. The van der Waals surface area contributed by atoms with E-state index >= 15 is 0 Å². The second kappa shape index (κ2) is 6.23. The molecule has 1 aromatic rings. The lowest BCUT2D eigenvalue weighted by Crippen LogP contribution is -2.39. The molecule has 0 fully saturated rings. The SMILES string of the molecule is CC(C)(C)OC(=O)CN1CCOc2ccc([N+](=O)[O-])cc2C1=O. The maximum Gasteiger partial charge on any atom is 0.326 e. The van der Waals surface area contributed by atoms with Gasteiger partial charge in [0, 0.05) is 12.1 Å². The summed E-state index contributed by atoms with van der Waals surface area (Å²) >= 11 is 0. The molecule has 0 aliphatic carbocycles. The number of hydrogen-bond donors (Lipinski definition) is 0. The molecule has 23 heavy (non-hydrogen) atoms. The number of carbonyl (C=O) groups excluding carboxylic acids is 2. The number of non-ortho nitro benzene ring substituents is 1. The van der Waals surface area contributed by atoms with Crippen LogP contribution in [0.5, 0.6) is 5.75 Å². The molecule has 0 saturated heterocycles. The fourth-order valence-electron chi connectivity index (χ4n) is 2.14. The van der Waals surface area contributed by atoms with E-state index in [1.165, 1.54) is 17.0 Å². The molecule has 1 aliphatic rings. The summed E-state index contributed by atoms with van der Waals surface area (Å²) in [5.41, 5.74) is -0.792. The van der Waals surface area contributed by atoms with Crippen LogP contribution in [0.4, 0.5) is 5.69 Å². The Morgan fingerprint density at radius 2 is 2.13 bits per heavy atom. The molecule has 8 heteroatoms. The van der Waals surface area contributed by atoms with E-state index in [1.807, 2.05) is 0 Å². The number of benzene rings is 1. The first kappa shape index (κ1) is 16.7. The van der Waals surface area contributed by atoms with E-state index in [1.54, 1.807) is 20.8 Å². The molecule has 1 aliphatic heterocycles. The summed E-state index contributed by atoms with van der Waals surface area (Å²) in [4.78, 5) is 36.0. The first-order chi connectivity index (χ1) is 10.7. The number of amides is 1. The quantitative estimate of drug-likeness (QED) is 0.478. The Labute approximate surface area is 133 Å². The Balaban J connectivity index is 2.22. The lowest BCUT2D eigenvalue weighted by Gasteiger charge is -2.23. The summed E-state index contributed by atoms with van der Waals surface area (Å²) in [5, 5.41) is 10.9. The number of carbonyl (C=O) groups is 2. The number of fused-ring (bicyclic) bond motifs is 1. The first-order valence-electron chi connectivity index (χ1n) is 7.10. The topological polar surface area (TPSA) is 99.0 Å². The number of ether oxygens (including phenoxy) is 2. The highest BCUT2D eigenvalue weighted by molar-refractivity contribution is 5.99. The van der Waals surface area contributed by atoms with Crippen LogP contribution >= 0.6 is 0 Å². The third kappa shape index (κ3) is 4.18. The molecule has 0 aromatic heterocycles. The first-order valence-corrected chi connectivity index (χ1v) is 7.10. The predicted molar refractivity (Wildman–Crippen MR) is 80.3 cm³/mol. The van der Waals surface area contributed by atoms with Crippen molar-refractivity contribution in [1.82, 2.24) is 4.90 Å². The normalized spacial score (nSPS) is 14.6. The van der Waals surface area contributed by atoms with Gasteiger partial charge in [-0.2, -0.15) is 0 Å². The minimum absolute atomic E-state index is 0.0697. The maximum absolute atomic E-state index is 12.5. The largest absolute Gasteiger partial charge is 0.491 e. The number of nitrogens with zero attached hydrogens (tertiary/aromatic N) is 2. The van der Waals surface area contributed by atoms with Gasteiger partial charge in [-0.25, -0.2) is 0 Å². The highest BCUT2D eigenvalue weighted by Crippen LogP contribution is 2.27. The van der Waals surface area contributed by atoms with Crippen molar-refractivity contribution < 1.29 is 24.0 Å². The van der Waals surface area contributed by atoms with Crippen molar-refractivity contribution in [3.8, 4) is 5.75 Å². The molecule has 2 rings (SSSR count). The number of hydrogen-bond acceptors (Lipinski definition) is 6. The highest BCUT2D eigenvalue weighted by atomic mass is 16.6. The van der Waals surface area contributed by atoms with Gasteiger partial charge in [0.2, 0.25) is 0 Å². The fourth-order valence-corrected chi connectivity index (χ4v) is 2.14. The molecule has 0 unspecified atom stereocenters. The maximum atomic E-state index is 12.5. The predicted octanol–water partition coefficient (Wildman–Crippen LogP) is 1.77. The second-order valence-corrected chi connectivity index (χ2v) is 6.10. The van der Waals surface area contributed by atoms with Crippen molar-refractivity contribution in [2.75, 3.05) is 19.7 Å². The van der Waals surface area contributed by atoms with E-state index in [2.05, 4.69) is 0 Å². The lowest BCUT2D eigenvalue weighted by molar-refractivity contribution is -0.384. The smallest absolute Gasteiger partial charge is 0.326 e. The zero-order chi connectivity index (χ0) is 17.2. The molecule has 0 spiro atoms. The molecule has 0 atom stereocenters. The zero-order valence-corrected chi connectivity index (χ0v) is 13.2. The van der Waals surface area contributed by atoms with Crippen LogP contribution in [0.25, 0.3) is 0 Å². The zero-order valence-electron chi connectivity index (χ0n) is 13.2. The number of esters is 1. The molecule has 8 nitrogen and oxygen atoms in total. The van der Waals surface area contributed by atoms with Crippen molar-refractivity contribution >= 4 is 17.6 Å². The number of nitro benzene ring substituents is 1. The van der Waals surface area contributed by atoms with Crippen LogP contribution in [0.3, 0.4) is 0 Å². The molecule has 1 aromatic carbocycles. The van der Waals surface area contributed by atoms with Crippen molar-refractivity contribution in [3.05, 3.63) is 33.9 Å². The van der Waals surface area contributed by atoms with Crippen LogP contribution in [0.15, 0.2) is 18.2 Å². The van der Waals surface area contributed by atoms with Crippen LogP contribution in [0.1, 0.15) is 31.1 Å². The Morgan fingerprint density at radius 1 is 1.43 bits per heavy atom. The van der Waals surface area contributed by atoms with Crippen molar-refractivity contribution in [1.29, 1.82) is 0 Å². The van der Waals surface area contributed by atoms with Crippen molar-refractivity contribution in [2.24, 2.45) is 0 Å². The minimum Gasteiger partial charge on any atom is -0.491 e. The van der Waals surface area contributed by atoms with E-state index < -0.39 is 22.4 Å². The molecule has 1 heterocycles. The van der Waals surface area contributed by atoms with Crippen molar-refractivity contribution in [3.63, 3.8) is 0 Å². The van der Waals surface area contributed by atoms with E-state index in [-0.39, 0.29) is 36.7 Å². The second-order valence-electron chi connectivity index (χ2n) is 6.10. The Morgan fingerprint density at radius 3 is 2.74 bits per heavy atom. The monoisotopic (exact) mass is 322 g/mol. The summed E-state index contributed by atoms with van der Waals surface area (Å²) in [5.74, 6) is -0.765. The van der Waals surface area contributed by atoms with Gasteiger partial charge in [0.1, 0.15) is 24.5 Å². The molecular weight excluding hydrogens is 304 g/mol. The molecule has 0 radical (unpaired) electrons. The van der Waals surface area contributed by atoms with Crippen LogP contribution < -0.4 is 4.74 Å². The summed E-state index contributed by atoms with van der Waals surface area (Å²) in [7, 11) is 0. The summed E-state index contributed by atoms with van der Waals surface area (Å²) in [6, 6.07) is 3.82. The third-order valence-corrected chi connectivity index (χ3v) is 3.05. The van der Waals surface area contributed by atoms with Gasteiger partial charge in [-0.05, 0) is 26.8 Å². The van der Waals surface area contributed by atoms with E-state index in [0.29, 0.717) is 0 Å². The fraction of sp³-hybridized carbons (Fsp3) is 0.467. The lowest BCUT2D eigenvalue weighted by atomic mass is 10.1. The summed E-state index contributed by atoms with van der Waals surface area (Å²) < 4.78 is 10.6. The number of nitro groups is 1. The van der Waals surface area contributed by atoms with Gasteiger partial charge in [-0.1, -0.05) is 0 Å². The molecule has 124 valence electrons. The number of rotatable bonds is 3. The van der Waals surface area contributed by atoms with Crippen LogP contribution in [0.2, 0.25) is 0 Å². The molecular formula is C15H18N2O6. The van der Waals surface area contributed by atoms with Gasteiger partial charge < -0.3 is 14.4 Å². The highest BCUT2D eigenvalue weighted by Gasteiger charge is 2.28. The van der Waals surface area contributed by atoms with Gasteiger partial charge in [-0.15, -0.1) is 0 Å². The van der Waals surface area contributed by atoms with Crippen LogP contribution in [0, 0.1) is 10.1 Å². The van der Waals surface area contributed by atoms with Crippen LogP contribution in [-0.2, 0) is 9.53 Å². The Hall–Kier alpha value is -2.64. The van der Waals surface area contributed by atoms with E-state index in [4.69, 9.17) is 9.47 Å². The summed E-state index contributed by atoms with van der Waals surface area (Å²) in [6.07, 6.45) is 0. The molecule has 0 bridgehead atoms. The van der Waals surface area contributed by atoms with Gasteiger partial charge in [0.05, 0.1) is 17.0 Å². The molecule has 1 amide bonds. The van der Waals surface area contributed by atoms with Gasteiger partial charge in [0.25, 0.3) is 11.6 Å². The van der Waals surface area contributed by atoms with Gasteiger partial charge in [-0.3, -0.25) is 19.7 Å². The average molecular weight is 322 g/mol. The Bertz CT molecular complexity index is 650. The molecule has 0 saturated carbocycles. The minimum atomic E-state index is -0.654. The average Bonchev–Trinajstić information content (AvgIpc) is 2.57. The van der Waals surface area contributed by atoms with Gasteiger partial charge >= 0.3 is 5.97 Å². The van der Waals surface area contributed by atoms with Crippen molar-refractivity contribution in [2.45, 2.75) is 26.4 Å². The van der Waals surface area contributed by atoms with Gasteiger partial charge in [0.15, 0.2) is 0 Å². The van der Waals surface area contributed by atoms with E-state index in [0.717, 1.165) is 6.07 Å². The Kier molecular flexibility index (Phi) is 4.53. The standard InChI is InChI=1S/C15H18N2O6/c1-15(2,3)23-13(18)9-16-6-7-22-12-5-4-10(17(20)21)8-11(12)14(16)19/h4-5,8H,6-7,9H2,1-3H3. The van der Waals surface area contributed by atoms with E-state index in [9.17, 15) is 19.7 Å².